The molecule has 3 aromatic carbocycles. The number of fused-ring (bicyclic) bond motifs is 1. The summed E-state index contributed by atoms with van der Waals surface area (Å²) >= 11 is 0. The Kier molecular flexibility index (Phi) is 6.09. The van der Waals surface area contributed by atoms with E-state index in [0.29, 0.717) is 41.5 Å². The topological polar surface area (TPSA) is 106 Å². The van der Waals surface area contributed by atoms with Gasteiger partial charge in [-0.05, 0) is 48.5 Å². The monoisotopic (exact) mass is 451 g/mol. The van der Waals surface area contributed by atoms with Crippen molar-refractivity contribution < 1.29 is 22.7 Å². The summed E-state index contributed by atoms with van der Waals surface area (Å²) in [5, 5.41) is 5.80. The zero-order chi connectivity index (χ0) is 22.6. The van der Waals surface area contributed by atoms with E-state index in [9.17, 15) is 13.2 Å². The van der Waals surface area contributed by atoms with Crippen LogP contribution in [0.15, 0.2) is 82.1 Å². The Bertz CT molecular complexity index is 1270. The van der Waals surface area contributed by atoms with E-state index in [2.05, 4.69) is 15.0 Å². The van der Waals surface area contributed by atoms with E-state index in [4.69, 9.17) is 9.47 Å². The van der Waals surface area contributed by atoms with Crippen molar-refractivity contribution in [1.29, 1.82) is 0 Å². The molecule has 1 aliphatic heterocycles. The molecule has 32 heavy (non-hydrogen) atoms. The standard InChI is InChI=1S/C23H21N3O5S/c1-30-18-5-4-6-19(15-18)31-14-13-24-23(27)16-9-11-17(12-10-16)25-22-20-7-2-3-8-21(20)32(28,29)26-22/h2-12,15H,13-14H2,1H3,(H,24,27)(H,25,26). The van der Waals surface area contributed by atoms with Crippen LogP contribution in [0.2, 0.25) is 0 Å². The number of sulfonamides is 1. The van der Waals surface area contributed by atoms with Gasteiger partial charge in [-0.2, -0.15) is 8.42 Å². The van der Waals surface area contributed by atoms with E-state index < -0.39 is 10.0 Å². The van der Waals surface area contributed by atoms with Crippen molar-refractivity contribution in [2.75, 3.05) is 25.6 Å². The average molecular weight is 452 g/mol. The Morgan fingerprint density at radius 2 is 1.72 bits per heavy atom. The lowest BCUT2D eigenvalue weighted by atomic mass is 10.1. The summed E-state index contributed by atoms with van der Waals surface area (Å²) < 4.78 is 38.9. The zero-order valence-corrected chi connectivity index (χ0v) is 18.1. The molecule has 0 saturated carbocycles. The number of hydrogen-bond donors (Lipinski definition) is 2. The second kappa shape index (κ2) is 9.11. The molecular weight excluding hydrogens is 430 g/mol. The highest BCUT2D eigenvalue weighted by Gasteiger charge is 2.28. The summed E-state index contributed by atoms with van der Waals surface area (Å²) in [6, 6.07) is 20.5. The number of methoxy groups -OCH3 is 1. The van der Waals surface area contributed by atoms with Crippen LogP contribution in [0.1, 0.15) is 15.9 Å². The van der Waals surface area contributed by atoms with Gasteiger partial charge in [-0.3, -0.25) is 4.79 Å². The van der Waals surface area contributed by atoms with Gasteiger partial charge >= 0.3 is 0 Å². The minimum absolute atomic E-state index is 0.176. The van der Waals surface area contributed by atoms with E-state index in [1.807, 2.05) is 18.2 Å². The Balaban J connectivity index is 1.31. The molecule has 1 heterocycles. The molecule has 1 amide bonds. The van der Waals surface area contributed by atoms with Crippen molar-refractivity contribution in [3.63, 3.8) is 0 Å². The predicted molar refractivity (Wildman–Crippen MR) is 121 cm³/mol. The Morgan fingerprint density at radius 1 is 0.969 bits per heavy atom. The van der Waals surface area contributed by atoms with Gasteiger partial charge in [0.25, 0.3) is 15.9 Å². The maximum absolute atomic E-state index is 12.4. The fourth-order valence-corrected chi connectivity index (χ4v) is 4.34. The zero-order valence-electron chi connectivity index (χ0n) is 17.2. The number of carbonyl (C=O) groups is 1. The molecule has 3 aromatic rings. The molecule has 0 atom stereocenters. The third kappa shape index (κ3) is 4.73. The highest BCUT2D eigenvalue weighted by molar-refractivity contribution is 7.90. The number of hydrogen-bond acceptors (Lipinski definition) is 6. The number of carbonyl (C=O) groups excluding carboxylic acids is 1. The van der Waals surface area contributed by atoms with Crippen molar-refractivity contribution >= 4 is 27.5 Å². The summed E-state index contributed by atoms with van der Waals surface area (Å²) in [4.78, 5) is 12.5. The van der Waals surface area contributed by atoms with Crippen LogP contribution >= 0.6 is 0 Å². The summed E-state index contributed by atoms with van der Waals surface area (Å²) in [6.07, 6.45) is 0. The number of anilines is 1. The van der Waals surface area contributed by atoms with Gasteiger partial charge in [0.1, 0.15) is 23.0 Å². The Labute approximate surface area is 186 Å². The third-order valence-electron chi connectivity index (χ3n) is 4.74. The molecule has 0 unspecified atom stereocenters. The molecule has 1 aliphatic rings. The van der Waals surface area contributed by atoms with E-state index >= 15 is 0 Å². The van der Waals surface area contributed by atoms with Gasteiger partial charge < -0.3 is 20.1 Å². The normalized spacial score (nSPS) is 13.6. The number of amides is 1. The first-order valence-electron chi connectivity index (χ1n) is 9.83. The molecule has 0 spiro atoms. The van der Waals surface area contributed by atoms with Crippen LogP contribution in [0.3, 0.4) is 0 Å². The highest BCUT2D eigenvalue weighted by Crippen LogP contribution is 2.26. The van der Waals surface area contributed by atoms with Gasteiger partial charge in [-0.25, -0.2) is 0 Å². The first-order valence-corrected chi connectivity index (χ1v) is 11.3. The summed E-state index contributed by atoms with van der Waals surface area (Å²) in [6.45, 7) is 0.647. The maximum atomic E-state index is 12.4. The molecule has 9 heteroatoms. The molecule has 0 aliphatic carbocycles. The van der Waals surface area contributed by atoms with E-state index in [1.165, 1.54) is 6.07 Å². The van der Waals surface area contributed by atoms with Gasteiger partial charge in [0, 0.05) is 22.9 Å². The Hall–Kier alpha value is -3.85. The number of nitrogens with zero attached hydrogens (tertiary/aromatic N) is 1. The van der Waals surface area contributed by atoms with Crippen LogP contribution in [-0.4, -0.2) is 40.4 Å². The lowest BCUT2D eigenvalue weighted by molar-refractivity contribution is 0.0947. The molecule has 2 N–H and O–H groups in total. The molecule has 0 saturated heterocycles. The number of ether oxygens (including phenoxy) is 2. The molecule has 0 bridgehead atoms. The van der Waals surface area contributed by atoms with Crippen molar-refractivity contribution in [2.24, 2.45) is 4.40 Å². The molecule has 4 rings (SSSR count). The number of amidine groups is 1. The smallest absolute Gasteiger partial charge is 0.285 e. The number of rotatable bonds is 7. The number of nitrogens with one attached hydrogen (secondary N) is 2. The van der Waals surface area contributed by atoms with Crippen LogP contribution in [-0.2, 0) is 10.0 Å². The van der Waals surface area contributed by atoms with Gasteiger partial charge in [0.15, 0.2) is 5.84 Å². The van der Waals surface area contributed by atoms with Crippen molar-refractivity contribution in [2.45, 2.75) is 4.90 Å². The quantitative estimate of drug-likeness (QED) is 0.535. The highest BCUT2D eigenvalue weighted by atomic mass is 32.2. The third-order valence-corrected chi connectivity index (χ3v) is 6.07. The van der Waals surface area contributed by atoms with E-state index in [0.717, 1.165) is 0 Å². The van der Waals surface area contributed by atoms with Crippen LogP contribution in [0.4, 0.5) is 5.69 Å². The summed E-state index contributed by atoms with van der Waals surface area (Å²) in [7, 11) is -2.11. The second-order valence-corrected chi connectivity index (χ2v) is 8.47. The fourth-order valence-electron chi connectivity index (χ4n) is 3.16. The van der Waals surface area contributed by atoms with Gasteiger partial charge in [-0.1, -0.05) is 18.2 Å². The largest absolute Gasteiger partial charge is 0.497 e. The van der Waals surface area contributed by atoms with E-state index in [1.54, 1.807) is 55.6 Å². The van der Waals surface area contributed by atoms with Crippen LogP contribution in [0.25, 0.3) is 0 Å². The minimum atomic E-state index is -3.69. The second-order valence-electron chi connectivity index (χ2n) is 6.90. The molecule has 0 aromatic heterocycles. The lowest BCUT2D eigenvalue weighted by Crippen LogP contribution is -2.28. The van der Waals surface area contributed by atoms with Crippen molar-refractivity contribution in [1.82, 2.24) is 5.32 Å². The van der Waals surface area contributed by atoms with Crippen molar-refractivity contribution in [3.8, 4) is 11.5 Å². The molecular formula is C23H21N3O5S. The summed E-state index contributed by atoms with van der Waals surface area (Å²) in [5.74, 6) is 1.38. The first-order chi connectivity index (χ1) is 15.5. The minimum Gasteiger partial charge on any atom is -0.497 e. The van der Waals surface area contributed by atoms with Crippen LogP contribution in [0, 0.1) is 0 Å². The Morgan fingerprint density at radius 3 is 2.50 bits per heavy atom. The molecule has 164 valence electrons. The molecule has 8 nitrogen and oxygen atoms in total. The maximum Gasteiger partial charge on any atom is 0.285 e. The lowest BCUT2D eigenvalue weighted by Gasteiger charge is -2.10. The van der Waals surface area contributed by atoms with Gasteiger partial charge in [0.2, 0.25) is 0 Å². The first kappa shape index (κ1) is 21.4. The molecule has 0 fully saturated rings. The van der Waals surface area contributed by atoms with Crippen LogP contribution in [0.5, 0.6) is 11.5 Å². The van der Waals surface area contributed by atoms with Gasteiger partial charge in [0.05, 0.1) is 13.7 Å². The van der Waals surface area contributed by atoms with Crippen LogP contribution < -0.4 is 20.1 Å². The SMILES string of the molecule is COc1cccc(OCCNC(=O)c2ccc(NC3=NS(=O)(=O)c4ccccc43)cc2)c1. The van der Waals surface area contributed by atoms with E-state index in [-0.39, 0.29) is 16.6 Å². The van der Waals surface area contributed by atoms with Gasteiger partial charge in [-0.15, -0.1) is 4.40 Å². The number of benzene rings is 3. The summed E-state index contributed by atoms with van der Waals surface area (Å²) in [5.41, 5.74) is 1.61. The fraction of sp³-hybridized carbons (Fsp3) is 0.130. The average Bonchev–Trinajstić information content (AvgIpc) is 3.07. The predicted octanol–water partition coefficient (Wildman–Crippen LogP) is 3.07. The van der Waals surface area contributed by atoms with Crippen molar-refractivity contribution in [3.05, 3.63) is 83.9 Å². The molecule has 0 radical (unpaired) electrons.